The van der Waals surface area contributed by atoms with E-state index >= 15 is 0 Å². The van der Waals surface area contributed by atoms with Gasteiger partial charge in [0.15, 0.2) is 0 Å². The van der Waals surface area contributed by atoms with Crippen molar-refractivity contribution in [1.82, 2.24) is 14.3 Å². The van der Waals surface area contributed by atoms with E-state index in [0.717, 1.165) is 5.56 Å². The number of carbonyl (C=O) groups is 1. The quantitative estimate of drug-likeness (QED) is 0.548. The van der Waals surface area contributed by atoms with E-state index in [1.54, 1.807) is 35.9 Å². The van der Waals surface area contributed by atoms with Gasteiger partial charge in [-0.1, -0.05) is 18.2 Å². The van der Waals surface area contributed by atoms with Gasteiger partial charge in [-0.15, -0.1) is 0 Å². The Hall–Kier alpha value is -3.61. The van der Waals surface area contributed by atoms with Crippen LogP contribution in [0.3, 0.4) is 0 Å². The number of para-hydroxylation sites is 1. The number of ether oxygens (including phenoxy) is 1. The molecule has 2 heterocycles. The Morgan fingerprint density at radius 3 is 2.72 bits per heavy atom. The molecule has 29 heavy (non-hydrogen) atoms. The third-order valence-corrected chi connectivity index (χ3v) is 4.93. The minimum absolute atomic E-state index is 0.0948. The Labute approximate surface area is 166 Å². The highest BCUT2D eigenvalue weighted by molar-refractivity contribution is 5.80. The molecule has 4 rings (SSSR count). The molecule has 0 fully saturated rings. The SMILES string of the molecule is COc1ccccc1CNC(=O)CCn1c(=O)c2cccn2c2ccc(F)cc21. The Morgan fingerprint density at radius 2 is 1.90 bits per heavy atom. The molecule has 1 N–H and O–H groups in total. The van der Waals surface area contributed by atoms with Gasteiger partial charge in [0.05, 0.1) is 18.1 Å². The van der Waals surface area contributed by atoms with Crippen LogP contribution >= 0.6 is 0 Å². The average Bonchev–Trinajstić information content (AvgIpc) is 3.22. The highest BCUT2D eigenvalue weighted by Gasteiger charge is 2.13. The third-order valence-electron chi connectivity index (χ3n) is 4.93. The van der Waals surface area contributed by atoms with Crippen molar-refractivity contribution >= 4 is 22.5 Å². The number of hydrogen-bond acceptors (Lipinski definition) is 3. The molecule has 2 aromatic heterocycles. The predicted molar refractivity (Wildman–Crippen MR) is 109 cm³/mol. The van der Waals surface area contributed by atoms with Gasteiger partial charge < -0.3 is 19.0 Å². The molecule has 0 aliphatic heterocycles. The molecule has 0 saturated carbocycles. The normalized spacial score (nSPS) is 11.1. The van der Waals surface area contributed by atoms with E-state index in [1.807, 2.05) is 24.3 Å². The van der Waals surface area contributed by atoms with E-state index in [2.05, 4.69) is 5.32 Å². The molecule has 0 aliphatic carbocycles. The van der Waals surface area contributed by atoms with E-state index in [-0.39, 0.29) is 24.4 Å². The molecular formula is C22H20FN3O3. The fraction of sp³-hybridized carbons (Fsp3) is 0.182. The number of carbonyl (C=O) groups excluding carboxylic acids is 1. The molecule has 0 radical (unpaired) electrons. The van der Waals surface area contributed by atoms with E-state index in [0.29, 0.717) is 28.8 Å². The zero-order valence-electron chi connectivity index (χ0n) is 15.9. The summed E-state index contributed by atoms with van der Waals surface area (Å²) in [6, 6.07) is 15.2. The summed E-state index contributed by atoms with van der Waals surface area (Å²) in [6.07, 6.45) is 1.86. The molecule has 2 aromatic carbocycles. The van der Waals surface area contributed by atoms with Crippen molar-refractivity contribution in [1.29, 1.82) is 0 Å². The lowest BCUT2D eigenvalue weighted by Gasteiger charge is -2.13. The molecule has 0 spiro atoms. The number of halogens is 1. The Balaban J connectivity index is 1.56. The Bertz CT molecular complexity index is 1260. The van der Waals surface area contributed by atoms with Crippen molar-refractivity contribution in [3.05, 3.63) is 82.5 Å². The number of nitrogens with zero attached hydrogens (tertiary/aromatic N) is 2. The maximum atomic E-state index is 13.8. The Kier molecular flexibility index (Phi) is 5.03. The summed E-state index contributed by atoms with van der Waals surface area (Å²) in [5.74, 6) is 0.0598. The van der Waals surface area contributed by atoms with Gasteiger partial charge in [-0.05, 0) is 36.4 Å². The van der Waals surface area contributed by atoms with Crippen LogP contribution in [0, 0.1) is 5.82 Å². The number of nitrogens with one attached hydrogen (secondary N) is 1. The van der Waals surface area contributed by atoms with Crippen molar-refractivity contribution in [2.24, 2.45) is 0 Å². The highest BCUT2D eigenvalue weighted by Crippen LogP contribution is 2.18. The van der Waals surface area contributed by atoms with Gasteiger partial charge in [-0.2, -0.15) is 0 Å². The summed E-state index contributed by atoms with van der Waals surface area (Å²) in [6.45, 7) is 0.475. The average molecular weight is 393 g/mol. The van der Waals surface area contributed by atoms with Crippen molar-refractivity contribution in [3.8, 4) is 5.75 Å². The third kappa shape index (κ3) is 3.59. The molecule has 1 amide bonds. The fourth-order valence-electron chi connectivity index (χ4n) is 3.50. The second kappa shape index (κ2) is 7.79. The first kappa shape index (κ1) is 18.7. The number of rotatable bonds is 6. The maximum absolute atomic E-state index is 13.8. The number of amides is 1. The molecule has 0 saturated heterocycles. The zero-order chi connectivity index (χ0) is 20.4. The summed E-state index contributed by atoms with van der Waals surface area (Å²) in [4.78, 5) is 25.2. The fourth-order valence-corrected chi connectivity index (χ4v) is 3.50. The number of methoxy groups -OCH3 is 1. The van der Waals surface area contributed by atoms with E-state index in [9.17, 15) is 14.0 Å². The first-order valence-corrected chi connectivity index (χ1v) is 9.26. The van der Waals surface area contributed by atoms with Crippen LogP contribution in [-0.4, -0.2) is 22.0 Å². The first-order valence-electron chi connectivity index (χ1n) is 9.26. The zero-order valence-corrected chi connectivity index (χ0v) is 15.9. The molecule has 0 unspecified atom stereocenters. The molecule has 148 valence electrons. The number of aromatic nitrogens is 2. The topological polar surface area (TPSA) is 64.7 Å². The van der Waals surface area contributed by atoms with Crippen molar-refractivity contribution in [2.45, 2.75) is 19.5 Å². The lowest BCUT2D eigenvalue weighted by Crippen LogP contribution is -2.28. The van der Waals surface area contributed by atoms with Gasteiger partial charge >= 0.3 is 0 Å². The van der Waals surface area contributed by atoms with E-state index in [4.69, 9.17) is 4.74 Å². The van der Waals surface area contributed by atoms with E-state index in [1.165, 1.54) is 16.7 Å². The van der Waals surface area contributed by atoms with Crippen molar-refractivity contribution in [3.63, 3.8) is 0 Å². The van der Waals surface area contributed by atoms with Crippen LogP contribution in [0.25, 0.3) is 16.6 Å². The van der Waals surface area contributed by atoms with Crippen LogP contribution in [0.4, 0.5) is 4.39 Å². The number of aryl methyl sites for hydroxylation is 1. The molecule has 0 atom stereocenters. The number of hydrogen-bond donors (Lipinski definition) is 1. The second-order valence-corrected chi connectivity index (χ2v) is 6.69. The van der Waals surface area contributed by atoms with Gasteiger partial charge in [-0.3, -0.25) is 9.59 Å². The van der Waals surface area contributed by atoms with E-state index < -0.39 is 5.82 Å². The van der Waals surface area contributed by atoms with Crippen LogP contribution in [0.1, 0.15) is 12.0 Å². The van der Waals surface area contributed by atoms with Crippen molar-refractivity contribution < 1.29 is 13.9 Å². The maximum Gasteiger partial charge on any atom is 0.275 e. The second-order valence-electron chi connectivity index (χ2n) is 6.69. The van der Waals surface area contributed by atoms with Crippen LogP contribution in [-0.2, 0) is 17.9 Å². The largest absolute Gasteiger partial charge is 0.496 e. The summed E-state index contributed by atoms with van der Waals surface area (Å²) in [5, 5.41) is 2.84. The minimum atomic E-state index is -0.433. The molecular weight excluding hydrogens is 373 g/mol. The molecule has 7 heteroatoms. The monoisotopic (exact) mass is 393 g/mol. The summed E-state index contributed by atoms with van der Waals surface area (Å²) < 4.78 is 22.3. The van der Waals surface area contributed by atoms with Crippen LogP contribution in [0.5, 0.6) is 5.75 Å². The summed E-state index contributed by atoms with van der Waals surface area (Å²) in [5.41, 5.74) is 2.25. The van der Waals surface area contributed by atoms with Gasteiger partial charge in [0.2, 0.25) is 5.91 Å². The predicted octanol–water partition coefficient (Wildman–Crippen LogP) is 3.11. The highest BCUT2D eigenvalue weighted by atomic mass is 19.1. The van der Waals surface area contributed by atoms with Crippen LogP contribution < -0.4 is 15.6 Å². The molecule has 0 aliphatic rings. The molecule has 0 bridgehead atoms. The van der Waals surface area contributed by atoms with Gasteiger partial charge in [-0.25, -0.2) is 4.39 Å². The van der Waals surface area contributed by atoms with Crippen LogP contribution in [0.15, 0.2) is 65.6 Å². The number of benzene rings is 2. The number of fused-ring (bicyclic) bond motifs is 3. The minimum Gasteiger partial charge on any atom is -0.496 e. The van der Waals surface area contributed by atoms with Gasteiger partial charge in [0, 0.05) is 31.3 Å². The van der Waals surface area contributed by atoms with Gasteiger partial charge in [0.1, 0.15) is 17.1 Å². The lowest BCUT2D eigenvalue weighted by atomic mass is 10.2. The molecule has 6 nitrogen and oxygen atoms in total. The van der Waals surface area contributed by atoms with Crippen molar-refractivity contribution in [2.75, 3.05) is 7.11 Å². The summed E-state index contributed by atoms with van der Waals surface area (Å²) >= 11 is 0. The lowest BCUT2D eigenvalue weighted by molar-refractivity contribution is -0.121. The standard InChI is InChI=1S/C22H20FN3O3/c1-29-20-7-3-2-5-15(20)14-24-21(27)10-12-26-19-13-16(23)8-9-17(19)25-11-4-6-18(25)22(26)28/h2-9,11,13H,10,12,14H2,1H3,(H,24,27). The first-order chi connectivity index (χ1) is 14.1. The molecule has 4 aromatic rings. The Morgan fingerprint density at radius 1 is 1.07 bits per heavy atom. The van der Waals surface area contributed by atoms with Gasteiger partial charge in [0.25, 0.3) is 5.56 Å². The summed E-state index contributed by atoms with van der Waals surface area (Å²) in [7, 11) is 1.58. The van der Waals surface area contributed by atoms with Crippen LogP contribution in [0.2, 0.25) is 0 Å². The smallest absolute Gasteiger partial charge is 0.275 e.